The van der Waals surface area contributed by atoms with Crippen molar-refractivity contribution in [3.8, 4) is 5.75 Å². The first kappa shape index (κ1) is 17.4. The van der Waals surface area contributed by atoms with Crippen LogP contribution in [0.2, 0.25) is 0 Å². The molecule has 25 heavy (non-hydrogen) atoms. The lowest BCUT2D eigenvalue weighted by molar-refractivity contribution is -0.127. The molecular formula is C21H21NO2S. The molecule has 1 amide bonds. The molecule has 0 saturated carbocycles. The Morgan fingerprint density at radius 1 is 1.00 bits per heavy atom. The Hall–Kier alpha value is -2.46. The second kappa shape index (κ2) is 8.08. The molecule has 128 valence electrons. The molecule has 0 fully saturated rings. The summed E-state index contributed by atoms with van der Waals surface area (Å²) in [6.07, 6.45) is 0. The Labute approximate surface area is 152 Å². The molecular weight excluding hydrogens is 330 g/mol. The Morgan fingerprint density at radius 3 is 2.52 bits per heavy atom. The highest BCUT2D eigenvalue weighted by atomic mass is 32.2. The van der Waals surface area contributed by atoms with Crippen LogP contribution < -0.4 is 4.74 Å². The van der Waals surface area contributed by atoms with Crippen LogP contribution in [-0.4, -0.2) is 30.7 Å². The Morgan fingerprint density at radius 2 is 1.72 bits per heavy atom. The van der Waals surface area contributed by atoms with Crippen molar-refractivity contribution in [3.05, 3.63) is 72.3 Å². The van der Waals surface area contributed by atoms with Gasteiger partial charge in [0.2, 0.25) is 5.91 Å². The number of amides is 1. The van der Waals surface area contributed by atoms with Crippen LogP contribution in [0.4, 0.5) is 0 Å². The number of benzene rings is 3. The lowest BCUT2D eigenvalue weighted by Gasteiger charge is -2.18. The fraction of sp³-hybridized carbons (Fsp3) is 0.190. The number of hydrogen-bond acceptors (Lipinski definition) is 3. The van der Waals surface area contributed by atoms with Crippen molar-refractivity contribution in [1.29, 1.82) is 0 Å². The summed E-state index contributed by atoms with van der Waals surface area (Å²) in [7, 11) is 3.48. The molecule has 4 heteroatoms. The fourth-order valence-electron chi connectivity index (χ4n) is 2.69. The van der Waals surface area contributed by atoms with Gasteiger partial charge in [0, 0.05) is 24.1 Å². The molecule has 0 bridgehead atoms. The number of fused-ring (bicyclic) bond motifs is 1. The summed E-state index contributed by atoms with van der Waals surface area (Å²) < 4.78 is 5.35. The summed E-state index contributed by atoms with van der Waals surface area (Å²) in [5, 5.41) is 2.41. The molecule has 3 rings (SSSR count). The highest BCUT2D eigenvalue weighted by Crippen LogP contribution is 2.24. The van der Waals surface area contributed by atoms with E-state index in [9.17, 15) is 4.79 Å². The predicted octanol–water partition coefficient (Wildman–Crippen LogP) is 4.60. The molecule has 0 heterocycles. The van der Waals surface area contributed by atoms with Crippen molar-refractivity contribution < 1.29 is 9.53 Å². The van der Waals surface area contributed by atoms with Crippen LogP contribution in [-0.2, 0) is 11.3 Å². The Balaban J connectivity index is 1.61. The number of carbonyl (C=O) groups is 1. The number of carbonyl (C=O) groups excluding carboxylic acids is 1. The molecule has 0 aliphatic heterocycles. The minimum atomic E-state index is 0.101. The third-order valence-electron chi connectivity index (χ3n) is 4.11. The predicted molar refractivity (Wildman–Crippen MR) is 104 cm³/mol. The van der Waals surface area contributed by atoms with E-state index in [-0.39, 0.29) is 5.91 Å². The van der Waals surface area contributed by atoms with Gasteiger partial charge in [0.1, 0.15) is 5.75 Å². The summed E-state index contributed by atoms with van der Waals surface area (Å²) in [5.74, 6) is 1.33. The van der Waals surface area contributed by atoms with Gasteiger partial charge in [-0.15, -0.1) is 11.8 Å². The third kappa shape index (κ3) is 4.34. The maximum absolute atomic E-state index is 12.4. The number of thioether (sulfide) groups is 1. The largest absolute Gasteiger partial charge is 0.496 e. The molecule has 0 radical (unpaired) electrons. The summed E-state index contributed by atoms with van der Waals surface area (Å²) >= 11 is 1.57. The first-order valence-corrected chi connectivity index (χ1v) is 9.13. The zero-order valence-electron chi connectivity index (χ0n) is 14.4. The molecule has 0 atom stereocenters. The van der Waals surface area contributed by atoms with Gasteiger partial charge in [-0.3, -0.25) is 4.79 Å². The van der Waals surface area contributed by atoms with Crippen molar-refractivity contribution >= 4 is 28.4 Å². The van der Waals surface area contributed by atoms with Crippen LogP contribution in [0, 0.1) is 0 Å². The SMILES string of the molecule is COc1ccccc1CN(C)C(=O)CSc1ccc2ccccc2c1. The lowest BCUT2D eigenvalue weighted by Crippen LogP contribution is -2.27. The van der Waals surface area contributed by atoms with Gasteiger partial charge in [-0.2, -0.15) is 0 Å². The zero-order valence-corrected chi connectivity index (χ0v) is 15.3. The molecule has 3 nitrogen and oxygen atoms in total. The minimum Gasteiger partial charge on any atom is -0.496 e. The topological polar surface area (TPSA) is 29.5 Å². The smallest absolute Gasteiger partial charge is 0.232 e. The second-order valence-corrected chi connectivity index (χ2v) is 6.91. The maximum Gasteiger partial charge on any atom is 0.232 e. The van der Waals surface area contributed by atoms with Gasteiger partial charge in [0.25, 0.3) is 0 Å². The van der Waals surface area contributed by atoms with E-state index in [1.165, 1.54) is 10.8 Å². The number of hydrogen-bond donors (Lipinski definition) is 0. The van der Waals surface area contributed by atoms with Gasteiger partial charge >= 0.3 is 0 Å². The Kier molecular flexibility index (Phi) is 5.61. The highest BCUT2D eigenvalue weighted by Gasteiger charge is 2.12. The number of rotatable bonds is 6. The molecule has 0 saturated heterocycles. The first-order valence-electron chi connectivity index (χ1n) is 8.15. The van der Waals surface area contributed by atoms with Crippen LogP contribution in [0.5, 0.6) is 5.75 Å². The Bertz CT molecular complexity index is 878. The van der Waals surface area contributed by atoms with Crippen molar-refractivity contribution in [2.45, 2.75) is 11.4 Å². The van der Waals surface area contributed by atoms with Crippen LogP contribution >= 0.6 is 11.8 Å². The number of nitrogens with zero attached hydrogens (tertiary/aromatic N) is 1. The molecule has 0 N–H and O–H groups in total. The second-order valence-electron chi connectivity index (χ2n) is 5.86. The minimum absolute atomic E-state index is 0.101. The van der Waals surface area contributed by atoms with E-state index in [2.05, 4.69) is 30.3 Å². The summed E-state index contributed by atoms with van der Waals surface area (Å²) in [6, 6.07) is 22.3. The molecule has 0 aliphatic carbocycles. The first-order chi connectivity index (χ1) is 12.2. The molecule has 0 aliphatic rings. The maximum atomic E-state index is 12.4. The van der Waals surface area contributed by atoms with E-state index in [4.69, 9.17) is 4.74 Å². The van der Waals surface area contributed by atoms with Crippen LogP contribution in [0.3, 0.4) is 0 Å². The molecule has 3 aromatic carbocycles. The van der Waals surface area contributed by atoms with Crippen molar-refractivity contribution in [3.63, 3.8) is 0 Å². The average Bonchev–Trinajstić information content (AvgIpc) is 2.66. The molecule has 0 aromatic heterocycles. The van der Waals surface area contributed by atoms with Crippen molar-refractivity contribution in [1.82, 2.24) is 4.90 Å². The number of para-hydroxylation sites is 1. The fourth-order valence-corrected chi connectivity index (χ4v) is 3.57. The summed E-state index contributed by atoms with van der Waals surface area (Å²) in [5.41, 5.74) is 1.01. The van der Waals surface area contributed by atoms with E-state index in [0.717, 1.165) is 16.2 Å². The summed E-state index contributed by atoms with van der Waals surface area (Å²) in [4.78, 5) is 15.3. The third-order valence-corrected chi connectivity index (χ3v) is 5.09. The van der Waals surface area contributed by atoms with Gasteiger partial charge in [-0.05, 0) is 29.0 Å². The summed E-state index contributed by atoms with van der Waals surface area (Å²) in [6.45, 7) is 0.543. The standard InChI is InChI=1S/C21H21NO2S/c1-22(14-18-9-5-6-10-20(18)24-2)21(23)15-25-19-12-11-16-7-3-4-8-17(16)13-19/h3-13H,14-15H2,1-2H3. The zero-order chi connectivity index (χ0) is 17.6. The van der Waals surface area contributed by atoms with E-state index in [1.54, 1.807) is 23.8 Å². The van der Waals surface area contributed by atoms with E-state index < -0.39 is 0 Å². The van der Waals surface area contributed by atoms with E-state index in [1.807, 2.05) is 43.4 Å². The van der Waals surface area contributed by atoms with Crippen molar-refractivity contribution in [2.24, 2.45) is 0 Å². The van der Waals surface area contributed by atoms with Gasteiger partial charge in [0.15, 0.2) is 0 Å². The van der Waals surface area contributed by atoms with Crippen LogP contribution in [0.25, 0.3) is 10.8 Å². The van der Waals surface area contributed by atoms with Gasteiger partial charge in [-0.25, -0.2) is 0 Å². The number of methoxy groups -OCH3 is 1. The van der Waals surface area contributed by atoms with E-state index >= 15 is 0 Å². The number of ether oxygens (including phenoxy) is 1. The lowest BCUT2D eigenvalue weighted by atomic mass is 10.1. The molecule has 3 aromatic rings. The monoisotopic (exact) mass is 351 g/mol. The van der Waals surface area contributed by atoms with Crippen LogP contribution in [0.1, 0.15) is 5.56 Å². The molecule has 0 unspecified atom stereocenters. The van der Waals surface area contributed by atoms with E-state index in [0.29, 0.717) is 12.3 Å². The van der Waals surface area contributed by atoms with Gasteiger partial charge in [0.05, 0.1) is 12.9 Å². The normalized spacial score (nSPS) is 10.6. The quantitative estimate of drug-likeness (QED) is 0.608. The highest BCUT2D eigenvalue weighted by molar-refractivity contribution is 8.00. The van der Waals surface area contributed by atoms with Crippen LogP contribution in [0.15, 0.2) is 71.6 Å². The van der Waals surface area contributed by atoms with Crippen molar-refractivity contribution in [2.75, 3.05) is 19.9 Å². The van der Waals surface area contributed by atoms with Gasteiger partial charge < -0.3 is 9.64 Å². The van der Waals surface area contributed by atoms with Gasteiger partial charge in [-0.1, -0.05) is 48.5 Å². The molecule has 0 spiro atoms. The average molecular weight is 351 g/mol.